The molecule has 0 radical (unpaired) electrons. The third-order valence-corrected chi connectivity index (χ3v) is 18.0. The maximum atomic E-state index is 6.40. The van der Waals surface area contributed by atoms with Crippen molar-refractivity contribution in [2.24, 2.45) is 0 Å². The standard InChI is InChI=1S/C13H22OSi2/c1-7-13(8-2)11-12-15(5,6)16(9-3,10-4)14-13/h7-10H,1-4,11-12H2,5-6H3. The summed E-state index contributed by atoms with van der Waals surface area (Å²) >= 11 is 0. The summed E-state index contributed by atoms with van der Waals surface area (Å²) in [7, 11) is -3.42. The average Bonchev–Trinajstić information content (AvgIpc) is 2.30. The van der Waals surface area contributed by atoms with Gasteiger partial charge in [0, 0.05) is 0 Å². The van der Waals surface area contributed by atoms with Crippen molar-refractivity contribution in [2.45, 2.75) is 31.2 Å². The molecule has 1 rings (SSSR count). The molecular weight excluding hydrogens is 228 g/mol. The molecule has 88 valence electrons. The van der Waals surface area contributed by atoms with Crippen LogP contribution in [-0.4, -0.2) is 21.0 Å². The SMILES string of the molecule is C=CC1(C=C)CC[Si](C)(C)[Si](C=C)(C=C)O1. The molecule has 3 heteroatoms. The van der Waals surface area contributed by atoms with E-state index in [2.05, 4.69) is 39.4 Å². The molecule has 1 aliphatic rings. The Kier molecular flexibility index (Phi) is 3.62. The van der Waals surface area contributed by atoms with Gasteiger partial charge in [-0.3, -0.25) is 0 Å². The zero-order valence-electron chi connectivity index (χ0n) is 10.5. The van der Waals surface area contributed by atoms with Crippen molar-refractivity contribution in [3.8, 4) is 0 Å². The van der Waals surface area contributed by atoms with Gasteiger partial charge < -0.3 is 4.43 Å². The normalized spacial score (nSPS) is 25.4. The molecule has 16 heavy (non-hydrogen) atoms. The molecule has 0 aromatic carbocycles. The molecule has 1 heterocycles. The summed E-state index contributed by atoms with van der Waals surface area (Å²) < 4.78 is 6.40. The van der Waals surface area contributed by atoms with Gasteiger partial charge in [-0.15, -0.1) is 13.2 Å². The van der Waals surface area contributed by atoms with Crippen LogP contribution in [0.15, 0.2) is 49.9 Å². The van der Waals surface area contributed by atoms with Gasteiger partial charge in [0.05, 0.1) is 13.2 Å². The summed E-state index contributed by atoms with van der Waals surface area (Å²) in [5, 5.41) is 0. The Morgan fingerprint density at radius 2 is 1.56 bits per heavy atom. The van der Waals surface area contributed by atoms with E-state index in [0.29, 0.717) is 0 Å². The summed E-state index contributed by atoms with van der Waals surface area (Å²) in [5.41, 5.74) is 3.71. The molecule has 0 aliphatic carbocycles. The predicted molar refractivity (Wildman–Crippen MR) is 77.3 cm³/mol. The van der Waals surface area contributed by atoms with Crippen LogP contribution in [0.25, 0.3) is 0 Å². The summed E-state index contributed by atoms with van der Waals surface area (Å²) in [5.74, 6) is 0. The van der Waals surface area contributed by atoms with Gasteiger partial charge >= 0.3 is 0 Å². The lowest BCUT2D eigenvalue weighted by atomic mass is 10.0. The highest BCUT2D eigenvalue weighted by Crippen LogP contribution is 2.41. The minimum atomic E-state index is -2.01. The first-order valence-corrected chi connectivity index (χ1v) is 11.9. The van der Waals surface area contributed by atoms with E-state index in [1.807, 2.05) is 23.6 Å². The molecule has 1 saturated heterocycles. The number of rotatable bonds is 4. The van der Waals surface area contributed by atoms with Gasteiger partial charge in [0.2, 0.25) is 7.83 Å². The zero-order chi connectivity index (χ0) is 12.4. The van der Waals surface area contributed by atoms with E-state index in [-0.39, 0.29) is 5.60 Å². The highest BCUT2D eigenvalue weighted by molar-refractivity contribution is 7.43. The average molecular weight is 250 g/mol. The van der Waals surface area contributed by atoms with Gasteiger partial charge in [-0.2, -0.15) is 0 Å². The highest BCUT2D eigenvalue weighted by Gasteiger charge is 2.54. The monoisotopic (exact) mass is 250 g/mol. The Morgan fingerprint density at radius 3 is 1.94 bits per heavy atom. The van der Waals surface area contributed by atoms with E-state index in [9.17, 15) is 0 Å². The topological polar surface area (TPSA) is 9.23 Å². The molecule has 0 aromatic heterocycles. The Balaban J connectivity index is 3.21. The van der Waals surface area contributed by atoms with Crippen LogP contribution in [0.3, 0.4) is 0 Å². The summed E-state index contributed by atoms with van der Waals surface area (Å²) in [6.07, 6.45) is 4.74. The summed E-state index contributed by atoms with van der Waals surface area (Å²) in [6, 6.07) is 1.22. The molecule has 0 unspecified atom stereocenters. The van der Waals surface area contributed by atoms with E-state index >= 15 is 0 Å². The zero-order valence-corrected chi connectivity index (χ0v) is 12.5. The van der Waals surface area contributed by atoms with Crippen LogP contribution in [0.4, 0.5) is 0 Å². The fourth-order valence-electron chi connectivity index (χ4n) is 2.30. The Hall–Kier alpha value is -0.646. The van der Waals surface area contributed by atoms with E-state index in [4.69, 9.17) is 4.43 Å². The van der Waals surface area contributed by atoms with Gasteiger partial charge in [0.15, 0.2) is 0 Å². The summed E-state index contributed by atoms with van der Waals surface area (Å²) in [6.45, 7) is 20.5. The van der Waals surface area contributed by atoms with Crippen molar-refractivity contribution in [1.82, 2.24) is 0 Å². The first kappa shape index (κ1) is 13.4. The quantitative estimate of drug-likeness (QED) is 0.546. The van der Waals surface area contributed by atoms with Crippen LogP contribution in [0.1, 0.15) is 6.42 Å². The van der Waals surface area contributed by atoms with Crippen LogP contribution in [-0.2, 0) is 4.43 Å². The molecule has 0 spiro atoms. The molecule has 0 aromatic rings. The highest BCUT2D eigenvalue weighted by atomic mass is 29.3. The molecule has 1 aliphatic heterocycles. The van der Waals surface area contributed by atoms with Gasteiger partial charge in [-0.1, -0.05) is 55.8 Å². The molecule has 0 bridgehead atoms. The predicted octanol–water partition coefficient (Wildman–Crippen LogP) is 3.70. The fourth-order valence-corrected chi connectivity index (χ4v) is 12.6. The van der Waals surface area contributed by atoms with Crippen molar-refractivity contribution in [3.63, 3.8) is 0 Å². The van der Waals surface area contributed by atoms with Gasteiger partial charge in [0.1, 0.15) is 0 Å². The molecule has 1 fully saturated rings. The second kappa shape index (κ2) is 4.32. The van der Waals surface area contributed by atoms with Crippen molar-refractivity contribution in [2.75, 3.05) is 0 Å². The Morgan fingerprint density at radius 1 is 1.06 bits per heavy atom. The molecular formula is C13H22OSi2. The Labute approximate surface area is 101 Å². The van der Waals surface area contributed by atoms with Crippen molar-refractivity contribution in [3.05, 3.63) is 49.9 Å². The molecule has 0 N–H and O–H groups in total. The fraction of sp³-hybridized carbons (Fsp3) is 0.385. The van der Waals surface area contributed by atoms with E-state index in [1.165, 1.54) is 6.04 Å². The van der Waals surface area contributed by atoms with Crippen LogP contribution in [0.2, 0.25) is 19.1 Å². The molecule has 0 saturated carbocycles. The third-order valence-electron chi connectivity index (χ3n) is 3.85. The first-order chi connectivity index (χ1) is 7.41. The number of hydrogen-bond donors (Lipinski definition) is 0. The minimum absolute atomic E-state index is 0.364. The van der Waals surface area contributed by atoms with Gasteiger partial charge in [0.25, 0.3) is 0 Å². The largest absolute Gasteiger partial charge is 0.400 e. The van der Waals surface area contributed by atoms with Crippen LogP contribution < -0.4 is 0 Å². The van der Waals surface area contributed by atoms with Gasteiger partial charge in [-0.05, 0) is 6.42 Å². The van der Waals surface area contributed by atoms with Crippen LogP contribution >= 0.6 is 0 Å². The van der Waals surface area contributed by atoms with Crippen LogP contribution in [0.5, 0.6) is 0 Å². The maximum absolute atomic E-state index is 6.40. The second-order valence-electron chi connectivity index (χ2n) is 5.05. The maximum Gasteiger partial charge on any atom is 0.226 e. The van der Waals surface area contributed by atoms with Crippen molar-refractivity contribution in [1.29, 1.82) is 0 Å². The molecule has 0 amide bonds. The van der Waals surface area contributed by atoms with E-state index < -0.39 is 15.4 Å². The van der Waals surface area contributed by atoms with Gasteiger partial charge in [-0.25, -0.2) is 0 Å². The third kappa shape index (κ3) is 1.83. The number of hydrogen-bond acceptors (Lipinski definition) is 1. The summed E-state index contributed by atoms with van der Waals surface area (Å²) in [4.78, 5) is 0. The smallest absolute Gasteiger partial charge is 0.226 e. The second-order valence-corrected chi connectivity index (χ2v) is 18.3. The molecule has 0 atom stereocenters. The lowest BCUT2D eigenvalue weighted by Crippen LogP contribution is -2.66. The van der Waals surface area contributed by atoms with E-state index in [1.54, 1.807) is 0 Å². The van der Waals surface area contributed by atoms with Crippen molar-refractivity contribution >= 4 is 15.4 Å². The Bertz CT molecular complexity index is 315. The van der Waals surface area contributed by atoms with Crippen molar-refractivity contribution < 1.29 is 4.43 Å². The van der Waals surface area contributed by atoms with Crippen LogP contribution in [0, 0.1) is 0 Å². The first-order valence-electron chi connectivity index (χ1n) is 5.65. The van der Waals surface area contributed by atoms with E-state index in [0.717, 1.165) is 6.42 Å². The molecule has 1 nitrogen and oxygen atoms in total. The lowest BCUT2D eigenvalue weighted by molar-refractivity contribution is 0.160. The lowest BCUT2D eigenvalue weighted by Gasteiger charge is -2.50. The minimum Gasteiger partial charge on any atom is -0.400 e.